The van der Waals surface area contributed by atoms with Crippen molar-refractivity contribution in [2.45, 2.75) is 26.1 Å². The molecule has 0 bridgehead atoms. The van der Waals surface area contributed by atoms with Gasteiger partial charge in [0.25, 0.3) is 5.91 Å². The molecule has 2 rings (SSSR count). The first-order valence-electron chi connectivity index (χ1n) is 6.32. The summed E-state index contributed by atoms with van der Waals surface area (Å²) in [5.74, 6) is -1.18. The van der Waals surface area contributed by atoms with E-state index in [1.54, 1.807) is 17.9 Å². The lowest BCUT2D eigenvalue weighted by Crippen LogP contribution is -2.51. The first-order chi connectivity index (χ1) is 9.38. The molecule has 1 amide bonds. The zero-order chi connectivity index (χ0) is 14.9. The molecule has 1 N–H and O–H groups in total. The normalized spacial score (nSPS) is 22.6. The minimum absolute atomic E-state index is 0.0863. The smallest absolute Gasteiger partial charge is 0.334 e. The Labute approximate surface area is 131 Å². The molecule has 6 heteroatoms. The van der Waals surface area contributed by atoms with Crippen LogP contribution in [-0.4, -0.2) is 47.2 Å². The summed E-state index contributed by atoms with van der Waals surface area (Å²) in [7, 11) is 0. The highest BCUT2D eigenvalue weighted by atomic mass is 127. The molecule has 0 saturated carbocycles. The van der Waals surface area contributed by atoms with Gasteiger partial charge in [0, 0.05) is 15.7 Å². The van der Waals surface area contributed by atoms with E-state index in [0.29, 0.717) is 12.1 Å². The molecule has 108 valence electrons. The molecule has 2 atom stereocenters. The van der Waals surface area contributed by atoms with Gasteiger partial charge in [-0.05, 0) is 54.1 Å². The number of carbonyl (C=O) groups is 2. The Kier molecular flexibility index (Phi) is 4.64. The molecule has 1 unspecified atom stereocenters. The van der Waals surface area contributed by atoms with Gasteiger partial charge in [0.2, 0.25) is 0 Å². The van der Waals surface area contributed by atoms with Crippen molar-refractivity contribution >= 4 is 34.5 Å². The van der Waals surface area contributed by atoms with Gasteiger partial charge in [-0.15, -0.1) is 0 Å². The van der Waals surface area contributed by atoms with Gasteiger partial charge in [-0.2, -0.15) is 0 Å². The van der Waals surface area contributed by atoms with Gasteiger partial charge in [-0.1, -0.05) is 6.07 Å². The van der Waals surface area contributed by atoms with Crippen molar-refractivity contribution in [3.05, 3.63) is 32.9 Å². The molecule has 20 heavy (non-hydrogen) atoms. The number of hydrogen-bond acceptors (Lipinski definition) is 3. The average molecular weight is 389 g/mol. The summed E-state index contributed by atoms with van der Waals surface area (Å²) in [4.78, 5) is 25.0. The third-order valence-electron chi connectivity index (χ3n) is 3.24. The molecule has 0 aliphatic carbocycles. The molecule has 1 aliphatic rings. The van der Waals surface area contributed by atoms with E-state index in [9.17, 15) is 9.59 Å². The SMILES string of the molecule is Cc1ccc(C(=O)N2CC(C(=O)O)O[C@H](C)C2)cc1I. The maximum Gasteiger partial charge on any atom is 0.334 e. The largest absolute Gasteiger partial charge is 0.479 e. The van der Waals surface area contributed by atoms with E-state index in [-0.39, 0.29) is 18.6 Å². The van der Waals surface area contributed by atoms with Crippen LogP contribution in [0.25, 0.3) is 0 Å². The third kappa shape index (κ3) is 3.29. The van der Waals surface area contributed by atoms with E-state index in [0.717, 1.165) is 9.13 Å². The van der Waals surface area contributed by atoms with Crippen molar-refractivity contribution in [2.24, 2.45) is 0 Å². The van der Waals surface area contributed by atoms with E-state index in [2.05, 4.69) is 22.6 Å². The van der Waals surface area contributed by atoms with Crippen LogP contribution >= 0.6 is 22.6 Å². The molecule has 0 aromatic heterocycles. The number of aryl methyl sites for hydroxylation is 1. The van der Waals surface area contributed by atoms with Gasteiger partial charge in [0.15, 0.2) is 6.10 Å². The lowest BCUT2D eigenvalue weighted by Gasteiger charge is -2.35. The molecule has 1 saturated heterocycles. The minimum atomic E-state index is -1.03. The number of amides is 1. The lowest BCUT2D eigenvalue weighted by molar-refractivity contribution is -0.160. The first kappa shape index (κ1) is 15.2. The van der Waals surface area contributed by atoms with E-state index < -0.39 is 12.1 Å². The quantitative estimate of drug-likeness (QED) is 0.785. The number of carbonyl (C=O) groups excluding carboxylic acids is 1. The summed E-state index contributed by atoms with van der Waals surface area (Å²) < 4.78 is 6.33. The van der Waals surface area contributed by atoms with Crippen molar-refractivity contribution in [3.8, 4) is 0 Å². The molecule has 1 aromatic rings. The van der Waals surface area contributed by atoms with Crippen molar-refractivity contribution in [1.29, 1.82) is 0 Å². The van der Waals surface area contributed by atoms with E-state index in [4.69, 9.17) is 9.84 Å². The van der Waals surface area contributed by atoms with Crippen LogP contribution < -0.4 is 0 Å². The van der Waals surface area contributed by atoms with Crippen molar-refractivity contribution in [2.75, 3.05) is 13.1 Å². The van der Waals surface area contributed by atoms with Crippen LogP contribution in [0.4, 0.5) is 0 Å². The molecular formula is C14H16INO4. The van der Waals surface area contributed by atoms with Crippen LogP contribution in [0.1, 0.15) is 22.8 Å². The zero-order valence-corrected chi connectivity index (χ0v) is 13.5. The van der Waals surface area contributed by atoms with Crippen LogP contribution in [0, 0.1) is 10.5 Å². The second-order valence-corrected chi connectivity index (χ2v) is 6.11. The number of nitrogens with zero attached hydrogens (tertiary/aromatic N) is 1. The number of aliphatic carboxylic acids is 1. The van der Waals surface area contributed by atoms with E-state index in [1.807, 2.05) is 19.1 Å². The van der Waals surface area contributed by atoms with Gasteiger partial charge >= 0.3 is 5.97 Å². The van der Waals surface area contributed by atoms with Gasteiger partial charge in [-0.3, -0.25) is 4.79 Å². The van der Waals surface area contributed by atoms with Crippen LogP contribution in [-0.2, 0) is 9.53 Å². The Bertz CT molecular complexity index is 546. The summed E-state index contributed by atoms with van der Waals surface area (Å²) in [6.07, 6.45) is -1.23. The fourth-order valence-corrected chi connectivity index (χ4v) is 2.68. The number of hydrogen-bond donors (Lipinski definition) is 1. The Morgan fingerprint density at radius 1 is 1.40 bits per heavy atom. The fourth-order valence-electron chi connectivity index (χ4n) is 2.16. The number of benzene rings is 1. The Morgan fingerprint density at radius 2 is 2.10 bits per heavy atom. The lowest BCUT2D eigenvalue weighted by atomic mass is 10.1. The number of ether oxygens (including phenoxy) is 1. The predicted molar refractivity (Wildman–Crippen MR) is 81.8 cm³/mol. The average Bonchev–Trinajstić information content (AvgIpc) is 2.40. The van der Waals surface area contributed by atoms with Crippen molar-refractivity contribution in [3.63, 3.8) is 0 Å². The third-order valence-corrected chi connectivity index (χ3v) is 4.40. The maximum absolute atomic E-state index is 12.5. The van der Waals surface area contributed by atoms with Gasteiger partial charge < -0.3 is 14.7 Å². The Hall–Kier alpha value is -1.15. The second kappa shape index (κ2) is 6.09. The summed E-state index contributed by atoms with van der Waals surface area (Å²) in [6, 6.07) is 5.50. The van der Waals surface area contributed by atoms with Crippen LogP contribution in [0.3, 0.4) is 0 Å². The molecule has 0 spiro atoms. The van der Waals surface area contributed by atoms with E-state index in [1.165, 1.54) is 0 Å². The van der Waals surface area contributed by atoms with Gasteiger partial charge in [0.1, 0.15) is 0 Å². The van der Waals surface area contributed by atoms with Gasteiger partial charge in [0.05, 0.1) is 12.6 Å². The van der Waals surface area contributed by atoms with Crippen LogP contribution in [0.2, 0.25) is 0 Å². The fraction of sp³-hybridized carbons (Fsp3) is 0.429. The number of morpholine rings is 1. The topological polar surface area (TPSA) is 66.8 Å². The second-order valence-electron chi connectivity index (χ2n) is 4.95. The molecule has 5 nitrogen and oxygen atoms in total. The van der Waals surface area contributed by atoms with Crippen LogP contribution in [0.15, 0.2) is 18.2 Å². The highest BCUT2D eigenvalue weighted by Gasteiger charge is 2.33. The maximum atomic E-state index is 12.5. The summed E-state index contributed by atoms with van der Waals surface area (Å²) in [5.41, 5.74) is 1.69. The van der Waals surface area contributed by atoms with Crippen LogP contribution in [0.5, 0.6) is 0 Å². The highest BCUT2D eigenvalue weighted by molar-refractivity contribution is 14.1. The summed E-state index contributed by atoms with van der Waals surface area (Å²) >= 11 is 2.18. The molecular weight excluding hydrogens is 373 g/mol. The molecule has 0 radical (unpaired) electrons. The summed E-state index contributed by atoms with van der Waals surface area (Å²) in [5, 5.41) is 9.04. The number of rotatable bonds is 2. The Morgan fingerprint density at radius 3 is 2.70 bits per heavy atom. The predicted octanol–water partition coefficient (Wildman–Crippen LogP) is 1.91. The number of carboxylic acids is 1. The van der Waals surface area contributed by atoms with Gasteiger partial charge in [-0.25, -0.2) is 4.79 Å². The van der Waals surface area contributed by atoms with Crippen molar-refractivity contribution < 1.29 is 19.4 Å². The van der Waals surface area contributed by atoms with E-state index >= 15 is 0 Å². The molecule has 1 heterocycles. The Balaban J connectivity index is 2.19. The molecule has 1 fully saturated rings. The highest BCUT2D eigenvalue weighted by Crippen LogP contribution is 2.18. The zero-order valence-electron chi connectivity index (χ0n) is 11.3. The number of halogens is 1. The molecule has 1 aliphatic heterocycles. The van der Waals surface area contributed by atoms with Crippen molar-refractivity contribution in [1.82, 2.24) is 4.90 Å². The first-order valence-corrected chi connectivity index (χ1v) is 7.40. The standard InChI is InChI=1S/C14H16INO4/c1-8-3-4-10(5-11(8)15)13(17)16-6-9(2)20-12(7-16)14(18)19/h3-5,9,12H,6-7H2,1-2H3,(H,18,19)/t9-,12?/m1/s1. The number of carboxylic acid groups (broad SMARTS) is 1. The minimum Gasteiger partial charge on any atom is -0.479 e. The molecule has 1 aromatic carbocycles. The monoisotopic (exact) mass is 389 g/mol. The summed E-state index contributed by atoms with van der Waals surface area (Å²) in [6.45, 7) is 4.25.